The van der Waals surface area contributed by atoms with Gasteiger partial charge < -0.3 is 10.3 Å². The monoisotopic (exact) mass is 285 g/mol. The molecule has 0 bridgehead atoms. The maximum absolute atomic E-state index is 13.1. The predicted molar refractivity (Wildman–Crippen MR) is 67.4 cm³/mol. The molecule has 0 spiro atoms. The molecule has 0 saturated heterocycles. The second-order valence-electron chi connectivity index (χ2n) is 4.16. The van der Waals surface area contributed by atoms with Crippen LogP contribution in [0.4, 0.5) is 10.1 Å². The van der Waals surface area contributed by atoms with Crippen LogP contribution in [0.2, 0.25) is 0 Å². The summed E-state index contributed by atoms with van der Waals surface area (Å²) in [5.41, 5.74) is 6.18. The third-order valence-electron chi connectivity index (χ3n) is 2.69. The van der Waals surface area contributed by atoms with Crippen molar-refractivity contribution in [3.05, 3.63) is 29.8 Å². The Balaban J connectivity index is 2.44. The lowest BCUT2D eigenvalue weighted by Gasteiger charge is -2.02. The zero-order valence-corrected chi connectivity index (χ0v) is 11.1. The van der Waals surface area contributed by atoms with Crippen LogP contribution in [-0.2, 0) is 9.84 Å². The van der Waals surface area contributed by atoms with Crippen molar-refractivity contribution in [2.24, 2.45) is 0 Å². The molecule has 2 aromatic rings. The second kappa shape index (κ2) is 4.61. The summed E-state index contributed by atoms with van der Waals surface area (Å²) in [6, 6.07) is 3.72. The Hall–Kier alpha value is -1.96. The van der Waals surface area contributed by atoms with Gasteiger partial charge >= 0.3 is 0 Å². The van der Waals surface area contributed by atoms with Crippen LogP contribution in [-0.4, -0.2) is 24.8 Å². The molecule has 8 heteroatoms. The summed E-state index contributed by atoms with van der Waals surface area (Å²) < 4.78 is 40.9. The second-order valence-corrected chi connectivity index (χ2v) is 6.53. The Morgan fingerprint density at radius 2 is 2.11 bits per heavy atom. The number of nitrogen functional groups attached to an aromatic ring is 1. The van der Waals surface area contributed by atoms with E-state index in [4.69, 9.17) is 10.3 Å². The smallest absolute Gasteiger partial charge is 0.260 e. The molecular formula is C11H12FN3O3S. The highest BCUT2D eigenvalue weighted by Crippen LogP contribution is 2.27. The van der Waals surface area contributed by atoms with Gasteiger partial charge in [0.2, 0.25) is 0 Å². The molecule has 1 atom stereocenters. The molecule has 0 saturated carbocycles. The number of nitrogens with zero attached hydrogens (tertiary/aromatic N) is 2. The van der Waals surface area contributed by atoms with E-state index >= 15 is 0 Å². The number of sulfone groups is 1. The summed E-state index contributed by atoms with van der Waals surface area (Å²) >= 11 is 0. The molecule has 0 aliphatic rings. The van der Waals surface area contributed by atoms with Crippen molar-refractivity contribution in [2.45, 2.75) is 12.2 Å². The molecule has 1 aromatic carbocycles. The van der Waals surface area contributed by atoms with Crippen LogP contribution in [0.15, 0.2) is 22.7 Å². The number of hydrogen-bond donors (Lipinski definition) is 1. The van der Waals surface area contributed by atoms with Crippen LogP contribution in [0.25, 0.3) is 11.5 Å². The molecule has 1 heterocycles. The molecule has 0 amide bonds. The molecule has 0 fully saturated rings. The number of benzene rings is 1. The van der Waals surface area contributed by atoms with Gasteiger partial charge in [-0.05, 0) is 25.1 Å². The van der Waals surface area contributed by atoms with E-state index in [-0.39, 0.29) is 23.0 Å². The van der Waals surface area contributed by atoms with E-state index in [9.17, 15) is 12.8 Å². The molecule has 0 aliphatic carbocycles. The van der Waals surface area contributed by atoms with Gasteiger partial charge in [-0.15, -0.1) is 0 Å². The highest BCUT2D eigenvalue weighted by atomic mass is 32.2. The average molecular weight is 285 g/mol. The van der Waals surface area contributed by atoms with Crippen molar-refractivity contribution in [3.8, 4) is 11.5 Å². The van der Waals surface area contributed by atoms with E-state index in [0.717, 1.165) is 12.3 Å². The van der Waals surface area contributed by atoms with E-state index in [0.29, 0.717) is 0 Å². The molecule has 2 rings (SSSR count). The number of aromatic nitrogens is 2. The van der Waals surface area contributed by atoms with Gasteiger partial charge in [-0.3, -0.25) is 0 Å². The number of nitrogens with two attached hydrogens (primary N) is 1. The molecule has 19 heavy (non-hydrogen) atoms. The van der Waals surface area contributed by atoms with Crippen molar-refractivity contribution >= 4 is 15.5 Å². The normalized spacial score (nSPS) is 13.4. The Kier molecular flexibility index (Phi) is 3.27. The third-order valence-corrected chi connectivity index (χ3v) is 4.19. The lowest BCUT2D eigenvalue weighted by atomic mass is 10.2. The van der Waals surface area contributed by atoms with Crippen LogP contribution >= 0.6 is 0 Å². The van der Waals surface area contributed by atoms with E-state index in [1.807, 2.05) is 0 Å². The summed E-state index contributed by atoms with van der Waals surface area (Å²) in [5, 5.41) is 2.68. The van der Waals surface area contributed by atoms with Crippen molar-refractivity contribution in [3.63, 3.8) is 0 Å². The van der Waals surface area contributed by atoms with Gasteiger partial charge in [0.1, 0.15) is 11.1 Å². The number of halogens is 1. The van der Waals surface area contributed by atoms with Gasteiger partial charge in [-0.2, -0.15) is 4.98 Å². The Labute approximate surface area is 109 Å². The highest BCUT2D eigenvalue weighted by molar-refractivity contribution is 7.90. The maximum Gasteiger partial charge on any atom is 0.260 e. The fourth-order valence-electron chi connectivity index (χ4n) is 1.41. The predicted octanol–water partition coefficient (Wildman–Crippen LogP) is 1.56. The summed E-state index contributed by atoms with van der Waals surface area (Å²) in [6.07, 6.45) is 1.07. The molecule has 6 nitrogen and oxygen atoms in total. The largest absolute Gasteiger partial charge is 0.398 e. The van der Waals surface area contributed by atoms with Crippen molar-refractivity contribution in [1.82, 2.24) is 10.1 Å². The first-order chi connectivity index (χ1) is 8.79. The Morgan fingerprint density at radius 3 is 2.74 bits per heavy atom. The molecule has 0 aliphatic heterocycles. The van der Waals surface area contributed by atoms with Gasteiger partial charge in [0.15, 0.2) is 15.7 Å². The maximum atomic E-state index is 13.1. The minimum atomic E-state index is -3.33. The molecule has 2 N–H and O–H groups in total. The fourth-order valence-corrected chi connectivity index (χ4v) is 1.89. The quantitative estimate of drug-likeness (QED) is 0.859. The van der Waals surface area contributed by atoms with Crippen LogP contribution in [0.5, 0.6) is 0 Å². The minimum absolute atomic E-state index is 0.0116. The molecule has 1 aromatic heterocycles. The van der Waals surface area contributed by atoms with E-state index in [1.165, 1.54) is 19.1 Å². The van der Waals surface area contributed by atoms with E-state index in [1.54, 1.807) is 0 Å². The summed E-state index contributed by atoms with van der Waals surface area (Å²) in [5.74, 6) is -0.497. The van der Waals surface area contributed by atoms with Gasteiger partial charge in [0.25, 0.3) is 5.89 Å². The van der Waals surface area contributed by atoms with E-state index in [2.05, 4.69) is 10.1 Å². The van der Waals surface area contributed by atoms with Crippen molar-refractivity contribution < 1.29 is 17.3 Å². The summed E-state index contributed by atoms with van der Waals surface area (Å²) in [7, 11) is -3.33. The lowest BCUT2D eigenvalue weighted by molar-refractivity contribution is 0.421. The third kappa shape index (κ3) is 2.73. The van der Waals surface area contributed by atoms with Crippen molar-refractivity contribution in [2.75, 3.05) is 12.0 Å². The topological polar surface area (TPSA) is 99.1 Å². The first kappa shape index (κ1) is 13.5. The minimum Gasteiger partial charge on any atom is -0.398 e. The van der Waals surface area contributed by atoms with Crippen LogP contribution in [0, 0.1) is 5.82 Å². The summed E-state index contributed by atoms with van der Waals surface area (Å²) in [4.78, 5) is 3.95. The SMILES string of the molecule is CC(c1noc(-c2cc(F)ccc2N)n1)S(C)(=O)=O. The first-order valence-corrected chi connectivity index (χ1v) is 7.32. The number of hydrogen-bond acceptors (Lipinski definition) is 6. The van der Waals surface area contributed by atoms with Gasteiger partial charge in [0, 0.05) is 11.9 Å². The Morgan fingerprint density at radius 1 is 1.42 bits per heavy atom. The first-order valence-electron chi connectivity index (χ1n) is 5.37. The van der Waals surface area contributed by atoms with Crippen LogP contribution in [0.1, 0.15) is 18.0 Å². The molecule has 102 valence electrons. The zero-order valence-electron chi connectivity index (χ0n) is 10.3. The Bertz CT molecular complexity index is 712. The number of rotatable bonds is 3. The average Bonchev–Trinajstić information content (AvgIpc) is 2.79. The van der Waals surface area contributed by atoms with Crippen molar-refractivity contribution in [1.29, 1.82) is 0 Å². The molecule has 0 radical (unpaired) electrons. The number of anilines is 1. The summed E-state index contributed by atoms with van der Waals surface area (Å²) in [6.45, 7) is 1.44. The standard InChI is InChI=1S/C11H12FN3O3S/c1-6(19(2,16)17)10-14-11(18-15-10)8-5-7(12)3-4-9(8)13/h3-6H,13H2,1-2H3. The zero-order chi connectivity index (χ0) is 14.2. The van der Waals surface area contributed by atoms with Gasteiger partial charge in [-0.25, -0.2) is 12.8 Å². The fraction of sp³-hybridized carbons (Fsp3) is 0.273. The van der Waals surface area contributed by atoms with Crippen LogP contribution in [0.3, 0.4) is 0 Å². The molecular weight excluding hydrogens is 273 g/mol. The van der Waals surface area contributed by atoms with Gasteiger partial charge in [0.05, 0.1) is 5.56 Å². The van der Waals surface area contributed by atoms with Crippen LogP contribution < -0.4 is 5.73 Å². The van der Waals surface area contributed by atoms with Gasteiger partial charge in [-0.1, -0.05) is 5.16 Å². The van der Waals surface area contributed by atoms with E-state index < -0.39 is 20.9 Å². The lowest BCUT2D eigenvalue weighted by Crippen LogP contribution is -2.09. The highest BCUT2D eigenvalue weighted by Gasteiger charge is 2.24. The molecule has 1 unspecified atom stereocenters.